The van der Waals surface area contributed by atoms with Gasteiger partial charge in [0, 0.05) is 18.4 Å². The van der Waals surface area contributed by atoms with Crippen molar-refractivity contribution in [3.8, 4) is 0 Å². The Morgan fingerprint density at radius 1 is 1.24 bits per heavy atom. The maximum absolute atomic E-state index is 12.3. The SMILES string of the molecule is CCN(C(=O)C(=O)Nc1cccnc1)c1cccc(C)c1. The minimum Gasteiger partial charge on any atom is -0.316 e. The molecule has 0 saturated heterocycles. The molecule has 0 aliphatic rings. The van der Waals surface area contributed by atoms with E-state index in [1.165, 1.54) is 11.1 Å². The van der Waals surface area contributed by atoms with E-state index in [9.17, 15) is 9.59 Å². The van der Waals surface area contributed by atoms with E-state index in [1.54, 1.807) is 18.3 Å². The molecular weight excluding hydrogens is 266 g/mol. The van der Waals surface area contributed by atoms with E-state index in [-0.39, 0.29) is 0 Å². The summed E-state index contributed by atoms with van der Waals surface area (Å²) in [6.45, 7) is 4.19. The fourth-order valence-electron chi connectivity index (χ4n) is 1.98. The van der Waals surface area contributed by atoms with Crippen LogP contribution in [0.2, 0.25) is 0 Å². The second kappa shape index (κ2) is 6.65. The van der Waals surface area contributed by atoms with Gasteiger partial charge in [-0.05, 0) is 43.7 Å². The monoisotopic (exact) mass is 283 g/mol. The van der Waals surface area contributed by atoms with Gasteiger partial charge in [0.05, 0.1) is 11.9 Å². The molecule has 1 aromatic carbocycles. The van der Waals surface area contributed by atoms with Crippen molar-refractivity contribution in [2.24, 2.45) is 0 Å². The van der Waals surface area contributed by atoms with Gasteiger partial charge in [-0.15, -0.1) is 0 Å². The molecule has 1 N–H and O–H groups in total. The highest BCUT2D eigenvalue weighted by Crippen LogP contribution is 2.16. The number of carbonyl (C=O) groups is 2. The van der Waals surface area contributed by atoms with Crippen molar-refractivity contribution in [2.75, 3.05) is 16.8 Å². The molecule has 108 valence electrons. The molecule has 0 aliphatic heterocycles. The van der Waals surface area contributed by atoms with Crippen LogP contribution in [0.5, 0.6) is 0 Å². The number of benzene rings is 1. The van der Waals surface area contributed by atoms with E-state index in [4.69, 9.17) is 0 Å². The molecule has 5 nitrogen and oxygen atoms in total. The van der Waals surface area contributed by atoms with Crippen molar-refractivity contribution < 1.29 is 9.59 Å². The summed E-state index contributed by atoms with van der Waals surface area (Å²) < 4.78 is 0. The van der Waals surface area contributed by atoms with Gasteiger partial charge in [-0.3, -0.25) is 14.6 Å². The van der Waals surface area contributed by atoms with E-state index in [0.29, 0.717) is 17.9 Å². The van der Waals surface area contributed by atoms with Gasteiger partial charge in [-0.1, -0.05) is 12.1 Å². The van der Waals surface area contributed by atoms with Gasteiger partial charge in [0.2, 0.25) is 0 Å². The van der Waals surface area contributed by atoms with Crippen LogP contribution < -0.4 is 10.2 Å². The van der Waals surface area contributed by atoms with E-state index in [0.717, 1.165) is 5.56 Å². The van der Waals surface area contributed by atoms with Gasteiger partial charge < -0.3 is 10.2 Å². The van der Waals surface area contributed by atoms with E-state index >= 15 is 0 Å². The lowest BCUT2D eigenvalue weighted by Gasteiger charge is -2.20. The van der Waals surface area contributed by atoms with Crippen LogP contribution in [0.25, 0.3) is 0 Å². The summed E-state index contributed by atoms with van der Waals surface area (Å²) in [4.78, 5) is 29.7. The van der Waals surface area contributed by atoms with Crippen molar-refractivity contribution in [1.29, 1.82) is 0 Å². The highest BCUT2D eigenvalue weighted by atomic mass is 16.2. The number of pyridine rings is 1. The first kappa shape index (κ1) is 14.7. The maximum atomic E-state index is 12.3. The molecule has 0 aliphatic carbocycles. The summed E-state index contributed by atoms with van der Waals surface area (Å²) in [7, 11) is 0. The standard InChI is InChI=1S/C16H17N3O2/c1-3-19(14-8-4-6-12(2)10-14)16(21)15(20)18-13-7-5-9-17-11-13/h4-11H,3H2,1-2H3,(H,18,20). The molecule has 0 radical (unpaired) electrons. The number of nitrogens with one attached hydrogen (secondary N) is 1. The predicted octanol–water partition coefficient (Wildman–Crippen LogP) is 2.38. The van der Waals surface area contributed by atoms with Crippen molar-refractivity contribution in [3.63, 3.8) is 0 Å². The average Bonchev–Trinajstić information content (AvgIpc) is 2.49. The molecule has 1 heterocycles. The molecule has 0 spiro atoms. The molecular formula is C16H17N3O2. The third-order valence-electron chi connectivity index (χ3n) is 2.99. The Kier molecular flexibility index (Phi) is 4.66. The average molecular weight is 283 g/mol. The number of aryl methyl sites for hydroxylation is 1. The second-order valence-corrected chi connectivity index (χ2v) is 4.58. The van der Waals surface area contributed by atoms with Crippen LogP contribution in [-0.2, 0) is 9.59 Å². The molecule has 2 aromatic rings. The molecule has 2 amide bonds. The quantitative estimate of drug-likeness (QED) is 0.880. The van der Waals surface area contributed by atoms with Gasteiger partial charge in [-0.2, -0.15) is 0 Å². The Balaban J connectivity index is 2.15. The minimum absolute atomic E-state index is 0.419. The van der Waals surface area contributed by atoms with Crippen molar-refractivity contribution in [1.82, 2.24) is 4.98 Å². The molecule has 0 atom stereocenters. The van der Waals surface area contributed by atoms with Gasteiger partial charge >= 0.3 is 11.8 Å². The number of aromatic nitrogens is 1. The lowest BCUT2D eigenvalue weighted by atomic mass is 10.2. The van der Waals surface area contributed by atoms with Gasteiger partial charge in [0.1, 0.15) is 0 Å². The third-order valence-corrected chi connectivity index (χ3v) is 2.99. The Morgan fingerprint density at radius 2 is 2.05 bits per heavy atom. The molecule has 1 aromatic heterocycles. The fraction of sp³-hybridized carbons (Fsp3) is 0.188. The topological polar surface area (TPSA) is 62.3 Å². The van der Waals surface area contributed by atoms with Crippen LogP contribution in [0, 0.1) is 6.92 Å². The van der Waals surface area contributed by atoms with Crippen molar-refractivity contribution in [3.05, 3.63) is 54.4 Å². The predicted molar refractivity (Wildman–Crippen MR) is 82.1 cm³/mol. The van der Waals surface area contributed by atoms with Crippen LogP contribution in [0.15, 0.2) is 48.8 Å². The molecule has 0 saturated carbocycles. The number of nitrogens with zero attached hydrogens (tertiary/aromatic N) is 2. The Morgan fingerprint density at radius 3 is 2.67 bits per heavy atom. The van der Waals surface area contributed by atoms with Crippen molar-refractivity contribution >= 4 is 23.2 Å². The zero-order valence-corrected chi connectivity index (χ0v) is 12.0. The first-order chi connectivity index (χ1) is 10.1. The van der Waals surface area contributed by atoms with E-state index in [2.05, 4.69) is 10.3 Å². The minimum atomic E-state index is -0.675. The van der Waals surface area contributed by atoms with Gasteiger partial charge in [0.25, 0.3) is 0 Å². The zero-order valence-electron chi connectivity index (χ0n) is 12.0. The maximum Gasteiger partial charge on any atom is 0.316 e. The van der Waals surface area contributed by atoms with E-state index in [1.807, 2.05) is 38.1 Å². The lowest BCUT2D eigenvalue weighted by Crippen LogP contribution is -2.39. The summed E-state index contributed by atoms with van der Waals surface area (Å²) in [6.07, 6.45) is 3.09. The van der Waals surface area contributed by atoms with Crippen LogP contribution >= 0.6 is 0 Å². The summed E-state index contributed by atoms with van der Waals surface area (Å²) in [5.41, 5.74) is 2.24. The number of amides is 2. The molecule has 21 heavy (non-hydrogen) atoms. The highest BCUT2D eigenvalue weighted by Gasteiger charge is 2.22. The number of carbonyl (C=O) groups excluding carboxylic acids is 2. The molecule has 5 heteroatoms. The molecule has 2 rings (SSSR count). The molecule has 0 unspecified atom stereocenters. The second-order valence-electron chi connectivity index (χ2n) is 4.58. The molecule has 0 fully saturated rings. The van der Waals surface area contributed by atoms with Crippen LogP contribution in [0.4, 0.5) is 11.4 Å². The highest BCUT2D eigenvalue weighted by molar-refractivity contribution is 6.44. The number of hydrogen-bond acceptors (Lipinski definition) is 3. The number of likely N-dealkylation sites (N-methyl/N-ethyl adjacent to an activating group) is 1. The Hall–Kier alpha value is -2.69. The zero-order chi connectivity index (χ0) is 15.2. The smallest absolute Gasteiger partial charge is 0.316 e. The summed E-state index contributed by atoms with van der Waals surface area (Å²) in [6, 6.07) is 10.9. The van der Waals surface area contributed by atoms with Gasteiger partial charge in [-0.25, -0.2) is 0 Å². The third kappa shape index (κ3) is 3.66. The number of hydrogen-bond donors (Lipinski definition) is 1. The van der Waals surface area contributed by atoms with Crippen molar-refractivity contribution in [2.45, 2.75) is 13.8 Å². The van der Waals surface area contributed by atoms with E-state index < -0.39 is 11.8 Å². The molecule has 0 bridgehead atoms. The summed E-state index contributed by atoms with van der Waals surface area (Å²) in [5, 5.41) is 2.55. The Bertz CT molecular complexity index is 641. The first-order valence-corrected chi connectivity index (χ1v) is 6.71. The van der Waals surface area contributed by atoms with Crippen LogP contribution in [-0.4, -0.2) is 23.3 Å². The van der Waals surface area contributed by atoms with Crippen LogP contribution in [0.3, 0.4) is 0 Å². The number of anilines is 2. The normalized spacial score (nSPS) is 10.0. The summed E-state index contributed by atoms with van der Waals surface area (Å²) >= 11 is 0. The fourth-order valence-corrected chi connectivity index (χ4v) is 1.98. The first-order valence-electron chi connectivity index (χ1n) is 6.71. The lowest BCUT2D eigenvalue weighted by molar-refractivity contribution is -0.134. The van der Waals surface area contributed by atoms with Crippen LogP contribution in [0.1, 0.15) is 12.5 Å². The number of rotatable bonds is 3. The largest absolute Gasteiger partial charge is 0.316 e. The van der Waals surface area contributed by atoms with Gasteiger partial charge in [0.15, 0.2) is 0 Å². The summed E-state index contributed by atoms with van der Waals surface area (Å²) in [5.74, 6) is -1.27. The Labute approximate surface area is 123 Å².